The molecule has 0 aliphatic carbocycles. The molecule has 2 rings (SSSR count). The van der Waals surface area contributed by atoms with E-state index in [1.165, 1.54) is 6.07 Å². The van der Waals surface area contributed by atoms with Gasteiger partial charge in [-0.15, -0.1) is 0 Å². The van der Waals surface area contributed by atoms with Crippen molar-refractivity contribution in [2.45, 2.75) is 24.9 Å². The molecule has 8 heteroatoms. The van der Waals surface area contributed by atoms with E-state index in [0.29, 0.717) is 11.6 Å². The summed E-state index contributed by atoms with van der Waals surface area (Å²) >= 11 is 6.09. The van der Waals surface area contributed by atoms with Crippen molar-refractivity contribution in [2.75, 3.05) is 7.05 Å². The van der Waals surface area contributed by atoms with Crippen molar-refractivity contribution in [1.82, 2.24) is 20.2 Å². The molecule has 0 spiro atoms. The summed E-state index contributed by atoms with van der Waals surface area (Å²) in [5.41, 5.74) is 2.49. The predicted octanol–water partition coefficient (Wildman–Crippen LogP) is 1.57. The Bertz CT molecular complexity index is 728. The summed E-state index contributed by atoms with van der Waals surface area (Å²) in [6.45, 7) is 2.60. The number of halogens is 1. The first-order valence-electron chi connectivity index (χ1n) is 6.35. The van der Waals surface area contributed by atoms with Gasteiger partial charge in [-0.1, -0.05) is 17.7 Å². The maximum Gasteiger partial charge on any atom is 0.240 e. The normalized spacial score (nSPS) is 11.8. The molecule has 1 aromatic carbocycles. The van der Waals surface area contributed by atoms with Crippen LogP contribution in [0.4, 0.5) is 0 Å². The van der Waals surface area contributed by atoms with E-state index in [2.05, 4.69) is 20.2 Å². The first-order chi connectivity index (χ1) is 9.94. The molecule has 2 aromatic rings. The molecular formula is C13H17ClN4O2S. The topological polar surface area (TPSA) is 86.9 Å². The molecule has 1 aromatic heterocycles. The molecule has 0 bridgehead atoms. The van der Waals surface area contributed by atoms with Gasteiger partial charge in [0.05, 0.1) is 11.1 Å². The number of nitrogens with one attached hydrogen (secondary N) is 3. The van der Waals surface area contributed by atoms with Crippen LogP contribution in [0.15, 0.2) is 29.3 Å². The van der Waals surface area contributed by atoms with Gasteiger partial charge in [0.1, 0.15) is 0 Å². The fourth-order valence-electron chi connectivity index (χ4n) is 1.84. The summed E-state index contributed by atoms with van der Waals surface area (Å²) in [5, 5.41) is 10.0. The fraction of sp³-hybridized carbons (Fsp3) is 0.308. The van der Waals surface area contributed by atoms with Gasteiger partial charge in [-0.2, -0.15) is 5.10 Å². The molecule has 21 heavy (non-hydrogen) atoms. The predicted molar refractivity (Wildman–Crippen MR) is 81.6 cm³/mol. The largest absolute Gasteiger partial charge is 0.316 e. The average Bonchev–Trinajstić information content (AvgIpc) is 2.84. The van der Waals surface area contributed by atoms with E-state index in [1.54, 1.807) is 25.4 Å². The number of H-pyrrole nitrogens is 1. The molecule has 114 valence electrons. The smallest absolute Gasteiger partial charge is 0.240 e. The highest BCUT2D eigenvalue weighted by molar-refractivity contribution is 7.89. The highest BCUT2D eigenvalue weighted by atomic mass is 35.5. The Morgan fingerprint density at radius 2 is 2.05 bits per heavy atom. The summed E-state index contributed by atoms with van der Waals surface area (Å²) < 4.78 is 27.0. The molecule has 0 atom stereocenters. The second-order valence-electron chi connectivity index (χ2n) is 4.63. The van der Waals surface area contributed by atoms with Gasteiger partial charge in [0, 0.05) is 29.4 Å². The zero-order valence-electron chi connectivity index (χ0n) is 11.8. The quantitative estimate of drug-likeness (QED) is 0.751. The first kappa shape index (κ1) is 16.0. The van der Waals surface area contributed by atoms with E-state index in [1.807, 2.05) is 6.92 Å². The number of rotatable bonds is 6. The van der Waals surface area contributed by atoms with E-state index in [4.69, 9.17) is 11.6 Å². The lowest BCUT2D eigenvalue weighted by molar-refractivity contribution is 0.581. The molecule has 0 saturated carbocycles. The van der Waals surface area contributed by atoms with E-state index < -0.39 is 10.0 Å². The van der Waals surface area contributed by atoms with E-state index in [0.717, 1.165) is 16.8 Å². The minimum absolute atomic E-state index is 0.147. The van der Waals surface area contributed by atoms with E-state index in [9.17, 15) is 8.42 Å². The molecule has 0 saturated heterocycles. The maximum atomic E-state index is 12.2. The first-order valence-corrected chi connectivity index (χ1v) is 8.21. The zero-order chi connectivity index (χ0) is 15.5. The number of aryl methyl sites for hydroxylation is 1. The molecule has 3 N–H and O–H groups in total. The summed E-state index contributed by atoms with van der Waals surface area (Å²) in [6.07, 6.45) is 1.60. The molecule has 0 radical (unpaired) electrons. The van der Waals surface area contributed by atoms with Crippen molar-refractivity contribution in [2.24, 2.45) is 0 Å². The minimum atomic E-state index is -3.60. The van der Waals surface area contributed by atoms with Gasteiger partial charge in [-0.05, 0) is 31.7 Å². The van der Waals surface area contributed by atoms with Gasteiger partial charge in [0.2, 0.25) is 10.0 Å². The lowest BCUT2D eigenvalue weighted by Gasteiger charge is -2.09. The SMILES string of the molecule is CNCc1ccc(S(=O)(=O)NCc2cn[nH]c2C)cc1Cl. The number of hydrogen-bond acceptors (Lipinski definition) is 4. The monoisotopic (exact) mass is 328 g/mol. The van der Waals surface area contributed by atoms with Gasteiger partial charge in [-0.25, -0.2) is 13.1 Å². The molecule has 0 unspecified atom stereocenters. The lowest BCUT2D eigenvalue weighted by Crippen LogP contribution is -2.23. The van der Waals surface area contributed by atoms with Crippen LogP contribution in [-0.4, -0.2) is 25.7 Å². The van der Waals surface area contributed by atoms with Crippen molar-refractivity contribution < 1.29 is 8.42 Å². The van der Waals surface area contributed by atoms with Gasteiger partial charge in [0.25, 0.3) is 0 Å². The number of hydrogen-bond donors (Lipinski definition) is 3. The third kappa shape index (κ3) is 3.82. The Kier molecular flexibility index (Phi) is 5.00. The van der Waals surface area contributed by atoms with E-state index >= 15 is 0 Å². The molecule has 0 aliphatic heterocycles. The van der Waals surface area contributed by atoms with Crippen LogP contribution >= 0.6 is 11.6 Å². The molecule has 0 fully saturated rings. The Hall–Kier alpha value is -1.41. The van der Waals surface area contributed by atoms with Gasteiger partial charge >= 0.3 is 0 Å². The number of benzene rings is 1. The average molecular weight is 329 g/mol. The lowest BCUT2D eigenvalue weighted by atomic mass is 10.2. The van der Waals surface area contributed by atoms with Crippen LogP contribution < -0.4 is 10.0 Å². The summed E-state index contributed by atoms with van der Waals surface area (Å²) in [6, 6.07) is 4.71. The third-order valence-corrected chi connectivity index (χ3v) is 4.84. The minimum Gasteiger partial charge on any atom is -0.316 e. The van der Waals surface area contributed by atoms with E-state index in [-0.39, 0.29) is 11.4 Å². The number of nitrogens with zero attached hydrogens (tertiary/aromatic N) is 1. The summed E-state index contributed by atoms with van der Waals surface area (Å²) in [7, 11) is -1.80. The number of aromatic amines is 1. The van der Waals surface area contributed by atoms with Crippen LogP contribution in [0.5, 0.6) is 0 Å². The summed E-state index contributed by atoms with van der Waals surface area (Å²) in [4.78, 5) is 0.147. The second-order valence-corrected chi connectivity index (χ2v) is 6.80. The van der Waals surface area contributed by atoms with Crippen LogP contribution in [0.3, 0.4) is 0 Å². The Morgan fingerprint density at radius 3 is 2.62 bits per heavy atom. The van der Waals surface area contributed by atoms with Crippen molar-refractivity contribution in [1.29, 1.82) is 0 Å². The summed E-state index contributed by atoms with van der Waals surface area (Å²) in [5.74, 6) is 0. The Balaban J connectivity index is 2.16. The Morgan fingerprint density at radius 1 is 1.29 bits per heavy atom. The highest BCUT2D eigenvalue weighted by Crippen LogP contribution is 2.21. The van der Waals surface area contributed by atoms with Crippen molar-refractivity contribution in [3.63, 3.8) is 0 Å². The van der Waals surface area contributed by atoms with Gasteiger partial charge in [-0.3, -0.25) is 5.10 Å². The van der Waals surface area contributed by atoms with Crippen LogP contribution in [0.1, 0.15) is 16.8 Å². The zero-order valence-corrected chi connectivity index (χ0v) is 13.3. The van der Waals surface area contributed by atoms with Crippen molar-refractivity contribution >= 4 is 21.6 Å². The van der Waals surface area contributed by atoms with Gasteiger partial charge in [0.15, 0.2) is 0 Å². The number of sulfonamides is 1. The van der Waals surface area contributed by atoms with Crippen LogP contribution in [0.2, 0.25) is 5.02 Å². The molecule has 0 amide bonds. The van der Waals surface area contributed by atoms with Gasteiger partial charge < -0.3 is 5.32 Å². The fourth-order valence-corrected chi connectivity index (χ4v) is 3.18. The van der Waals surface area contributed by atoms with Crippen LogP contribution in [0, 0.1) is 6.92 Å². The van der Waals surface area contributed by atoms with Crippen molar-refractivity contribution in [3.8, 4) is 0 Å². The number of aromatic nitrogens is 2. The highest BCUT2D eigenvalue weighted by Gasteiger charge is 2.16. The molecule has 6 nitrogen and oxygen atoms in total. The Labute approximate surface area is 129 Å². The van der Waals surface area contributed by atoms with Crippen molar-refractivity contribution in [3.05, 3.63) is 46.2 Å². The van der Waals surface area contributed by atoms with Crippen LogP contribution in [0.25, 0.3) is 0 Å². The molecule has 1 heterocycles. The standard InChI is InChI=1S/C13H17ClN4O2S/c1-9-11(7-16-18-9)8-17-21(19,20)12-4-3-10(6-15-2)13(14)5-12/h3-5,7,15,17H,6,8H2,1-2H3,(H,16,18). The molecule has 0 aliphatic rings. The van der Waals surface area contributed by atoms with Crippen LogP contribution in [-0.2, 0) is 23.1 Å². The maximum absolute atomic E-state index is 12.2. The second kappa shape index (κ2) is 6.57. The molecular weight excluding hydrogens is 312 g/mol. The third-order valence-electron chi connectivity index (χ3n) is 3.09.